The highest BCUT2D eigenvalue weighted by molar-refractivity contribution is 5.54. The first-order valence-corrected chi connectivity index (χ1v) is 7.98. The quantitative estimate of drug-likeness (QED) is 0.734. The Morgan fingerprint density at radius 1 is 1.12 bits per heavy atom. The molecule has 0 fully saturated rings. The summed E-state index contributed by atoms with van der Waals surface area (Å²) in [5, 5.41) is 0. The average molecular weight is 335 g/mol. The van der Waals surface area contributed by atoms with E-state index < -0.39 is 0 Å². The number of rotatable bonds is 4. The molecule has 4 rings (SSSR count). The fourth-order valence-corrected chi connectivity index (χ4v) is 2.82. The second-order valence-corrected chi connectivity index (χ2v) is 5.76. The average Bonchev–Trinajstić information content (AvgIpc) is 2.66. The zero-order valence-electron chi connectivity index (χ0n) is 13.8. The first-order chi connectivity index (χ1) is 12.2. The highest BCUT2D eigenvalue weighted by Gasteiger charge is 2.19. The third-order valence-electron chi connectivity index (χ3n) is 4.13. The van der Waals surface area contributed by atoms with E-state index in [0.717, 1.165) is 28.4 Å². The van der Waals surface area contributed by atoms with E-state index in [1.165, 1.54) is 0 Å². The van der Waals surface area contributed by atoms with Gasteiger partial charge in [-0.25, -0.2) is 0 Å². The minimum Gasteiger partial charge on any atom is -0.497 e. The third kappa shape index (κ3) is 2.96. The van der Waals surface area contributed by atoms with E-state index in [0.29, 0.717) is 19.0 Å². The summed E-state index contributed by atoms with van der Waals surface area (Å²) in [5.74, 6) is 1.77. The molecule has 0 radical (unpaired) electrons. The maximum atomic E-state index is 12.3. The van der Waals surface area contributed by atoms with Gasteiger partial charge in [-0.3, -0.25) is 4.79 Å². The Bertz CT molecular complexity index is 963. The van der Waals surface area contributed by atoms with Crippen molar-refractivity contribution in [2.45, 2.75) is 13.2 Å². The Morgan fingerprint density at radius 3 is 2.76 bits per heavy atom. The molecule has 0 atom stereocenters. The van der Waals surface area contributed by atoms with Gasteiger partial charge in [0.1, 0.15) is 24.7 Å². The van der Waals surface area contributed by atoms with Gasteiger partial charge in [0, 0.05) is 12.1 Å². The van der Waals surface area contributed by atoms with Crippen molar-refractivity contribution >= 4 is 0 Å². The van der Waals surface area contributed by atoms with Crippen LogP contribution in [0, 0.1) is 0 Å². The number of methoxy groups -OCH3 is 1. The highest BCUT2D eigenvalue weighted by atomic mass is 16.5. The number of hydrogen-bond donors (Lipinski definition) is 0. The minimum absolute atomic E-state index is 0.155. The van der Waals surface area contributed by atoms with Gasteiger partial charge in [-0.15, -0.1) is 0 Å². The highest BCUT2D eigenvalue weighted by Crippen LogP contribution is 2.33. The Hall–Kier alpha value is -3.21. The molecule has 0 saturated heterocycles. The minimum atomic E-state index is -0.155. The van der Waals surface area contributed by atoms with Crippen molar-refractivity contribution in [1.29, 1.82) is 0 Å². The monoisotopic (exact) mass is 335 g/mol. The third-order valence-corrected chi connectivity index (χ3v) is 4.13. The molecule has 2 aromatic carbocycles. The van der Waals surface area contributed by atoms with Crippen LogP contribution < -0.4 is 19.6 Å². The van der Waals surface area contributed by atoms with Crippen molar-refractivity contribution in [1.82, 2.24) is 4.57 Å². The van der Waals surface area contributed by atoms with Crippen molar-refractivity contribution in [2.24, 2.45) is 0 Å². The first kappa shape index (κ1) is 15.3. The van der Waals surface area contributed by atoms with Gasteiger partial charge < -0.3 is 18.8 Å². The Balaban J connectivity index is 1.70. The Labute approximate surface area is 145 Å². The number of hydrogen-bond acceptors (Lipinski definition) is 4. The summed E-state index contributed by atoms with van der Waals surface area (Å²) < 4.78 is 18.7. The summed E-state index contributed by atoms with van der Waals surface area (Å²) in [7, 11) is 1.62. The molecule has 25 heavy (non-hydrogen) atoms. The van der Waals surface area contributed by atoms with Gasteiger partial charge in [0.05, 0.1) is 24.7 Å². The van der Waals surface area contributed by atoms with Crippen LogP contribution in [-0.2, 0) is 13.2 Å². The van der Waals surface area contributed by atoms with Gasteiger partial charge in [-0.05, 0) is 17.7 Å². The van der Waals surface area contributed by atoms with Crippen molar-refractivity contribution < 1.29 is 14.2 Å². The van der Waals surface area contributed by atoms with Crippen LogP contribution in [0.15, 0.2) is 65.6 Å². The zero-order valence-corrected chi connectivity index (χ0v) is 13.8. The second-order valence-electron chi connectivity index (χ2n) is 5.76. The topological polar surface area (TPSA) is 49.7 Å². The molecule has 0 bridgehead atoms. The lowest BCUT2D eigenvalue weighted by molar-refractivity contribution is 0.276. The van der Waals surface area contributed by atoms with E-state index in [9.17, 15) is 4.79 Å². The van der Waals surface area contributed by atoms with Crippen LogP contribution in [0.4, 0.5) is 0 Å². The van der Waals surface area contributed by atoms with Gasteiger partial charge in [0.2, 0.25) is 5.43 Å². The molecular weight excluding hydrogens is 318 g/mol. The molecule has 0 amide bonds. The van der Waals surface area contributed by atoms with Crippen LogP contribution in [-0.4, -0.2) is 11.7 Å². The number of aromatic nitrogens is 1. The van der Waals surface area contributed by atoms with E-state index in [2.05, 4.69) is 0 Å². The van der Waals surface area contributed by atoms with E-state index in [4.69, 9.17) is 14.2 Å². The predicted molar refractivity (Wildman–Crippen MR) is 93.7 cm³/mol. The van der Waals surface area contributed by atoms with Gasteiger partial charge in [0.15, 0.2) is 5.75 Å². The molecule has 0 saturated carbocycles. The van der Waals surface area contributed by atoms with Crippen LogP contribution in [0.25, 0.3) is 5.69 Å². The van der Waals surface area contributed by atoms with E-state index >= 15 is 0 Å². The molecule has 5 heteroatoms. The molecule has 126 valence electrons. The van der Waals surface area contributed by atoms with Crippen LogP contribution in [0.3, 0.4) is 0 Å². The van der Waals surface area contributed by atoms with Crippen molar-refractivity contribution in [2.75, 3.05) is 7.11 Å². The summed E-state index contributed by atoms with van der Waals surface area (Å²) in [4.78, 5) is 12.3. The van der Waals surface area contributed by atoms with E-state index in [1.807, 2.05) is 53.1 Å². The summed E-state index contributed by atoms with van der Waals surface area (Å²) >= 11 is 0. The Morgan fingerprint density at radius 2 is 1.96 bits per heavy atom. The van der Waals surface area contributed by atoms with Crippen LogP contribution >= 0.6 is 0 Å². The smallest absolute Gasteiger partial charge is 0.223 e. The van der Waals surface area contributed by atoms with E-state index in [-0.39, 0.29) is 5.43 Å². The molecule has 2 heterocycles. The van der Waals surface area contributed by atoms with Gasteiger partial charge in [0.25, 0.3) is 0 Å². The number of fused-ring (bicyclic) bond motifs is 3. The van der Waals surface area contributed by atoms with Crippen molar-refractivity contribution in [3.8, 4) is 22.9 Å². The van der Waals surface area contributed by atoms with Gasteiger partial charge in [-0.2, -0.15) is 0 Å². The number of nitrogens with zero attached hydrogens (tertiary/aromatic N) is 1. The fourth-order valence-electron chi connectivity index (χ4n) is 2.82. The van der Waals surface area contributed by atoms with E-state index in [1.54, 1.807) is 19.4 Å². The summed E-state index contributed by atoms with van der Waals surface area (Å²) in [6.45, 7) is 0.685. The zero-order chi connectivity index (χ0) is 17.2. The van der Waals surface area contributed by atoms with Gasteiger partial charge >= 0.3 is 0 Å². The van der Waals surface area contributed by atoms with Crippen LogP contribution in [0.1, 0.15) is 11.3 Å². The summed E-state index contributed by atoms with van der Waals surface area (Å²) in [5.41, 5.74) is 2.45. The lowest BCUT2D eigenvalue weighted by Crippen LogP contribution is -2.19. The standard InChI is InChI=1S/C20H17NO4/c1-23-16-7-8-19-17(10-16)21-11-20(18(22)9-15(21)13-25-19)24-12-14-5-3-2-4-6-14/h2-11H,12-13H2,1H3. The predicted octanol–water partition coefficient (Wildman–Crippen LogP) is 3.32. The lowest BCUT2D eigenvalue weighted by atomic mass is 10.2. The molecule has 1 aliphatic heterocycles. The first-order valence-electron chi connectivity index (χ1n) is 7.98. The summed E-state index contributed by atoms with van der Waals surface area (Å²) in [6.07, 6.45) is 1.72. The normalized spacial score (nSPS) is 11.9. The largest absolute Gasteiger partial charge is 0.497 e. The summed E-state index contributed by atoms with van der Waals surface area (Å²) in [6, 6.07) is 16.9. The van der Waals surface area contributed by atoms with Gasteiger partial charge in [-0.1, -0.05) is 30.3 Å². The second kappa shape index (κ2) is 6.36. The van der Waals surface area contributed by atoms with Crippen molar-refractivity contribution in [3.63, 3.8) is 0 Å². The van der Waals surface area contributed by atoms with Crippen molar-refractivity contribution in [3.05, 3.63) is 82.3 Å². The molecule has 1 aromatic heterocycles. The molecule has 5 nitrogen and oxygen atoms in total. The fraction of sp³-hybridized carbons (Fsp3) is 0.150. The van der Waals surface area contributed by atoms with Crippen LogP contribution in [0.2, 0.25) is 0 Å². The lowest BCUT2D eigenvalue weighted by Gasteiger charge is -2.24. The van der Waals surface area contributed by atoms with Crippen LogP contribution in [0.5, 0.6) is 17.2 Å². The maximum absolute atomic E-state index is 12.3. The Kier molecular flexibility index (Phi) is 3.90. The molecule has 0 aliphatic carbocycles. The molecule has 0 N–H and O–H groups in total. The molecule has 1 aliphatic rings. The number of benzene rings is 2. The number of ether oxygens (including phenoxy) is 3. The SMILES string of the molecule is COc1ccc2c(c1)-n1cc(OCc3ccccc3)c(=O)cc1CO2. The molecule has 0 spiro atoms. The maximum Gasteiger partial charge on any atom is 0.223 e. The molecule has 3 aromatic rings. The molecule has 0 unspecified atom stereocenters. The number of pyridine rings is 1. The molecular formula is C20H17NO4.